The normalized spacial score (nSPS) is 12.7. The third-order valence-electron chi connectivity index (χ3n) is 1.14. The molecule has 0 rings (SSSR count). The molecule has 9 heavy (non-hydrogen) atoms. The standard InChI is InChI=1S/C5H13Cl2NSi/c1-4-8-9(6,7)5(2)3/h5,8H,4H2,1-3H3. The molecule has 1 N–H and O–H groups in total. The zero-order valence-corrected chi connectivity index (χ0v) is 8.55. The summed E-state index contributed by atoms with van der Waals surface area (Å²) in [6, 6.07) is 0. The van der Waals surface area contributed by atoms with Gasteiger partial charge >= 0.3 is 6.86 Å². The Hall–Kier alpha value is 0.757. The molecule has 1 nitrogen and oxygen atoms in total. The van der Waals surface area contributed by atoms with Crippen molar-refractivity contribution in [3.63, 3.8) is 0 Å². The molecule has 0 bridgehead atoms. The van der Waals surface area contributed by atoms with Gasteiger partial charge in [-0.15, -0.1) is 22.2 Å². The van der Waals surface area contributed by atoms with Gasteiger partial charge in [0.1, 0.15) is 0 Å². The first-order valence-electron chi connectivity index (χ1n) is 3.13. The first-order chi connectivity index (χ1) is 4.00. The summed E-state index contributed by atoms with van der Waals surface area (Å²) in [4.78, 5) is 3.09. The van der Waals surface area contributed by atoms with Crippen molar-refractivity contribution in [2.75, 3.05) is 6.54 Å². The van der Waals surface area contributed by atoms with E-state index < -0.39 is 6.86 Å². The SMILES string of the molecule is CCN[Si](Cl)(Cl)C(C)C. The molecule has 0 saturated carbocycles. The average Bonchev–Trinajstić information content (AvgIpc) is 1.65. The van der Waals surface area contributed by atoms with Gasteiger partial charge in [-0.05, 0) is 12.1 Å². The monoisotopic (exact) mass is 185 g/mol. The second-order valence-corrected chi connectivity index (χ2v) is 9.22. The summed E-state index contributed by atoms with van der Waals surface area (Å²) in [6.45, 7) is 4.85. The second-order valence-electron chi connectivity index (χ2n) is 2.31. The number of nitrogens with one attached hydrogen (secondary N) is 1. The summed E-state index contributed by atoms with van der Waals surface area (Å²) in [6.07, 6.45) is 0. The number of hydrogen-bond donors (Lipinski definition) is 1. The van der Waals surface area contributed by atoms with Gasteiger partial charge in [0.15, 0.2) is 0 Å². The van der Waals surface area contributed by atoms with Crippen molar-refractivity contribution in [1.29, 1.82) is 0 Å². The van der Waals surface area contributed by atoms with E-state index in [9.17, 15) is 0 Å². The molecule has 56 valence electrons. The first-order valence-corrected chi connectivity index (χ1v) is 7.23. The Balaban J connectivity index is 3.70. The number of hydrogen-bond acceptors (Lipinski definition) is 1. The van der Waals surface area contributed by atoms with Crippen molar-refractivity contribution in [3.05, 3.63) is 0 Å². The van der Waals surface area contributed by atoms with Crippen molar-refractivity contribution in [1.82, 2.24) is 4.98 Å². The van der Waals surface area contributed by atoms with E-state index in [1.807, 2.05) is 20.8 Å². The van der Waals surface area contributed by atoms with E-state index in [4.69, 9.17) is 22.2 Å². The predicted octanol–water partition coefficient (Wildman–Crippen LogP) is 2.42. The van der Waals surface area contributed by atoms with Gasteiger partial charge in [0.2, 0.25) is 0 Å². The van der Waals surface area contributed by atoms with E-state index >= 15 is 0 Å². The molecule has 0 fully saturated rings. The summed E-state index contributed by atoms with van der Waals surface area (Å²) in [5, 5.41) is 0. The summed E-state index contributed by atoms with van der Waals surface area (Å²) in [5.74, 6) is 0. The topological polar surface area (TPSA) is 12.0 Å². The van der Waals surface area contributed by atoms with Crippen LogP contribution in [0.1, 0.15) is 20.8 Å². The molecule has 0 aliphatic rings. The summed E-state index contributed by atoms with van der Waals surface area (Å²) < 4.78 is 0. The minimum absolute atomic E-state index is 0.376. The molecule has 0 atom stereocenters. The zero-order chi connectivity index (χ0) is 7.49. The predicted molar refractivity (Wildman–Crippen MR) is 46.2 cm³/mol. The highest BCUT2D eigenvalue weighted by atomic mass is 35.7. The van der Waals surface area contributed by atoms with Crippen LogP contribution in [0.5, 0.6) is 0 Å². The van der Waals surface area contributed by atoms with Gasteiger partial charge < -0.3 is 4.98 Å². The van der Waals surface area contributed by atoms with Crippen molar-refractivity contribution in [2.24, 2.45) is 0 Å². The average molecular weight is 186 g/mol. The quantitative estimate of drug-likeness (QED) is 0.527. The fourth-order valence-corrected chi connectivity index (χ4v) is 2.12. The Morgan fingerprint density at radius 3 is 2.00 bits per heavy atom. The Morgan fingerprint density at radius 1 is 1.44 bits per heavy atom. The van der Waals surface area contributed by atoms with Crippen LogP contribution in [0, 0.1) is 0 Å². The Bertz CT molecular complexity index is 85.0. The number of halogens is 2. The van der Waals surface area contributed by atoms with E-state index in [0.717, 1.165) is 6.54 Å². The smallest absolute Gasteiger partial charge is 0.314 e. The minimum Gasteiger partial charge on any atom is -0.314 e. The van der Waals surface area contributed by atoms with Gasteiger partial charge in [0.25, 0.3) is 0 Å². The van der Waals surface area contributed by atoms with Crippen LogP contribution in [0.15, 0.2) is 0 Å². The van der Waals surface area contributed by atoms with E-state index in [0.29, 0.717) is 5.54 Å². The Labute approximate surface area is 67.2 Å². The van der Waals surface area contributed by atoms with Crippen LogP contribution < -0.4 is 4.98 Å². The minimum atomic E-state index is -2.09. The van der Waals surface area contributed by atoms with Gasteiger partial charge in [0.05, 0.1) is 0 Å². The summed E-state index contributed by atoms with van der Waals surface area (Å²) in [7, 11) is 0. The lowest BCUT2D eigenvalue weighted by Crippen LogP contribution is -2.42. The van der Waals surface area contributed by atoms with Crippen LogP contribution in [0.2, 0.25) is 5.54 Å². The van der Waals surface area contributed by atoms with E-state index in [1.165, 1.54) is 0 Å². The van der Waals surface area contributed by atoms with Crippen molar-refractivity contribution in [2.45, 2.75) is 26.3 Å². The lowest BCUT2D eigenvalue weighted by atomic mass is 10.6. The molecule has 0 saturated heterocycles. The molecule has 0 aliphatic heterocycles. The first kappa shape index (κ1) is 9.76. The molecule has 0 unspecified atom stereocenters. The van der Waals surface area contributed by atoms with Crippen molar-refractivity contribution in [3.8, 4) is 0 Å². The molecule has 0 aromatic heterocycles. The summed E-state index contributed by atoms with van der Waals surface area (Å²) in [5.41, 5.74) is 0.376. The molecule has 0 aromatic carbocycles. The second kappa shape index (κ2) is 3.81. The van der Waals surface area contributed by atoms with Crippen LogP contribution >= 0.6 is 22.2 Å². The van der Waals surface area contributed by atoms with Crippen molar-refractivity contribution < 1.29 is 0 Å². The van der Waals surface area contributed by atoms with Gasteiger partial charge in [-0.25, -0.2) is 0 Å². The lowest BCUT2D eigenvalue weighted by molar-refractivity contribution is 0.925. The highest BCUT2D eigenvalue weighted by Crippen LogP contribution is 2.25. The molecule has 0 heterocycles. The molecule has 0 aromatic rings. The molecule has 0 spiro atoms. The fraction of sp³-hybridized carbons (Fsp3) is 1.00. The Kier molecular flexibility index (Phi) is 4.13. The van der Waals surface area contributed by atoms with Crippen LogP contribution in [0.4, 0.5) is 0 Å². The molecular formula is C5H13Cl2NSi. The van der Waals surface area contributed by atoms with Gasteiger partial charge in [-0.3, -0.25) is 0 Å². The van der Waals surface area contributed by atoms with E-state index in [2.05, 4.69) is 4.98 Å². The lowest BCUT2D eigenvalue weighted by Gasteiger charge is -2.20. The van der Waals surface area contributed by atoms with Crippen molar-refractivity contribution >= 4 is 29.0 Å². The molecule has 0 aliphatic carbocycles. The third kappa shape index (κ3) is 3.46. The molecular weight excluding hydrogens is 173 g/mol. The summed E-state index contributed by atoms with van der Waals surface area (Å²) >= 11 is 11.9. The highest BCUT2D eigenvalue weighted by molar-refractivity contribution is 7.44. The third-order valence-corrected chi connectivity index (χ3v) is 6.83. The number of rotatable bonds is 3. The van der Waals surface area contributed by atoms with Crippen LogP contribution in [-0.2, 0) is 0 Å². The molecule has 0 radical (unpaired) electrons. The maximum Gasteiger partial charge on any atom is 0.324 e. The zero-order valence-electron chi connectivity index (χ0n) is 6.04. The van der Waals surface area contributed by atoms with Crippen LogP contribution in [0.3, 0.4) is 0 Å². The van der Waals surface area contributed by atoms with Gasteiger partial charge in [-0.1, -0.05) is 20.8 Å². The van der Waals surface area contributed by atoms with E-state index in [-0.39, 0.29) is 0 Å². The molecule has 4 heteroatoms. The maximum atomic E-state index is 5.96. The van der Waals surface area contributed by atoms with Crippen LogP contribution in [0.25, 0.3) is 0 Å². The van der Waals surface area contributed by atoms with Gasteiger partial charge in [-0.2, -0.15) is 0 Å². The Morgan fingerprint density at radius 2 is 1.89 bits per heavy atom. The van der Waals surface area contributed by atoms with Crippen LogP contribution in [-0.4, -0.2) is 13.4 Å². The fourth-order valence-electron chi connectivity index (χ4n) is 0.440. The van der Waals surface area contributed by atoms with E-state index in [1.54, 1.807) is 0 Å². The van der Waals surface area contributed by atoms with Gasteiger partial charge in [0, 0.05) is 0 Å². The highest BCUT2D eigenvalue weighted by Gasteiger charge is 2.31. The molecule has 0 amide bonds. The largest absolute Gasteiger partial charge is 0.324 e. The maximum absolute atomic E-state index is 5.96.